The molecule has 9 heteroatoms. The Morgan fingerprint density at radius 2 is 1.76 bits per heavy atom. The number of esters is 1. The molecular formula is C32H54O9. The van der Waals surface area contributed by atoms with E-state index in [-0.39, 0.29) is 36.9 Å². The smallest absolute Gasteiger partial charge is 0.311 e. The van der Waals surface area contributed by atoms with Gasteiger partial charge in [-0.15, -0.1) is 0 Å². The Kier molecular flexibility index (Phi) is 12.8. The standard InChI is InChI=1S/C32H54O9/c1-7-8-9-10-11-12-15-31(4)19-25(33)21(2)13-14-24-16-23(18-32(36,40-24)20-27(34)41-31)17-26-30(38-6)28(35)29(37-5)22(3)39-26/h8-11,21-26,28-30,33,35-36H,7,12-20H2,1-6H3/t21-,22+,23+,24+,25+,26+,28-,29+,30+,31-,32+/m1/s1. The highest BCUT2D eigenvalue weighted by atomic mass is 16.6. The van der Waals surface area contributed by atoms with Gasteiger partial charge in [0, 0.05) is 27.1 Å². The molecule has 3 fully saturated rings. The molecule has 0 aromatic heterocycles. The molecular weight excluding hydrogens is 528 g/mol. The second kappa shape index (κ2) is 15.4. The van der Waals surface area contributed by atoms with Crippen molar-refractivity contribution < 1.29 is 43.8 Å². The van der Waals surface area contributed by atoms with Crippen LogP contribution in [0.1, 0.15) is 91.9 Å². The summed E-state index contributed by atoms with van der Waals surface area (Å²) in [6.45, 7) is 7.82. The fourth-order valence-electron chi connectivity index (χ4n) is 6.83. The molecule has 236 valence electrons. The number of allylic oxidation sites excluding steroid dienone is 4. The Labute approximate surface area is 246 Å². The summed E-state index contributed by atoms with van der Waals surface area (Å²) in [4.78, 5) is 13.3. The molecule has 0 amide bonds. The highest BCUT2D eigenvalue weighted by Gasteiger charge is 2.48. The molecule has 0 spiro atoms. The summed E-state index contributed by atoms with van der Waals surface area (Å²) in [6.07, 6.45) is 9.60. The van der Waals surface area contributed by atoms with Gasteiger partial charge in [-0.3, -0.25) is 4.79 Å². The van der Waals surface area contributed by atoms with E-state index in [4.69, 9.17) is 23.7 Å². The van der Waals surface area contributed by atoms with E-state index in [0.717, 1.165) is 6.42 Å². The van der Waals surface area contributed by atoms with E-state index in [2.05, 4.69) is 13.0 Å². The van der Waals surface area contributed by atoms with Crippen LogP contribution >= 0.6 is 0 Å². The number of aliphatic hydroxyl groups is 3. The van der Waals surface area contributed by atoms with Crippen LogP contribution in [-0.4, -0.2) is 89.6 Å². The Bertz CT molecular complexity index is 877. The van der Waals surface area contributed by atoms with E-state index in [1.807, 2.05) is 39.0 Å². The van der Waals surface area contributed by atoms with Gasteiger partial charge < -0.3 is 39.0 Å². The monoisotopic (exact) mass is 582 g/mol. The highest BCUT2D eigenvalue weighted by Crippen LogP contribution is 2.41. The Hall–Kier alpha value is -1.33. The zero-order valence-corrected chi connectivity index (χ0v) is 25.9. The normalized spacial score (nSPS) is 43.0. The van der Waals surface area contributed by atoms with Crippen LogP contribution in [-0.2, 0) is 28.5 Å². The summed E-state index contributed by atoms with van der Waals surface area (Å²) in [5.41, 5.74) is -0.877. The first-order valence-corrected chi connectivity index (χ1v) is 15.4. The number of carbonyl (C=O) groups excluding carboxylic acids is 1. The number of rotatable bonds is 9. The zero-order valence-electron chi connectivity index (χ0n) is 25.9. The maximum atomic E-state index is 13.3. The molecule has 41 heavy (non-hydrogen) atoms. The minimum atomic E-state index is -1.67. The number of ether oxygens (including phenoxy) is 5. The average molecular weight is 583 g/mol. The van der Waals surface area contributed by atoms with E-state index < -0.39 is 47.9 Å². The molecule has 3 heterocycles. The van der Waals surface area contributed by atoms with Crippen molar-refractivity contribution in [3.05, 3.63) is 24.3 Å². The number of fused-ring (bicyclic) bond motifs is 2. The van der Waals surface area contributed by atoms with Crippen molar-refractivity contribution in [3.63, 3.8) is 0 Å². The van der Waals surface area contributed by atoms with Crippen LogP contribution in [0.4, 0.5) is 0 Å². The highest BCUT2D eigenvalue weighted by molar-refractivity contribution is 5.71. The molecule has 0 radical (unpaired) electrons. The Morgan fingerprint density at radius 1 is 1.05 bits per heavy atom. The van der Waals surface area contributed by atoms with Gasteiger partial charge in [-0.2, -0.15) is 0 Å². The summed E-state index contributed by atoms with van der Waals surface area (Å²) >= 11 is 0. The predicted molar refractivity (Wildman–Crippen MR) is 155 cm³/mol. The minimum Gasteiger partial charge on any atom is -0.459 e. The number of aliphatic hydroxyl groups excluding tert-OH is 2. The summed E-state index contributed by atoms with van der Waals surface area (Å²) in [5, 5.41) is 33.6. The number of methoxy groups -OCH3 is 2. The van der Waals surface area contributed by atoms with Gasteiger partial charge >= 0.3 is 5.97 Å². The van der Waals surface area contributed by atoms with Gasteiger partial charge in [0.2, 0.25) is 0 Å². The fraction of sp³-hybridized carbons (Fsp3) is 0.844. The maximum absolute atomic E-state index is 13.3. The molecule has 0 aromatic carbocycles. The van der Waals surface area contributed by atoms with Gasteiger partial charge in [0.15, 0.2) is 5.79 Å². The zero-order chi connectivity index (χ0) is 30.2. The van der Waals surface area contributed by atoms with Crippen molar-refractivity contribution in [1.82, 2.24) is 0 Å². The van der Waals surface area contributed by atoms with E-state index in [1.54, 1.807) is 14.2 Å². The molecule has 0 unspecified atom stereocenters. The molecule has 9 nitrogen and oxygen atoms in total. The molecule has 0 saturated carbocycles. The van der Waals surface area contributed by atoms with Gasteiger partial charge in [-0.05, 0) is 70.6 Å². The molecule has 11 atom stereocenters. The van der Waals surface area contributed by atoms with Gasteiger partial charge in [0.1, 0.15) is 23.9 Å². The second-order valence-electron chi connectivity index (χ2n) is 12.7. The van der Waals surface area contributed by atoms with Crippen LogP contribution in [0.5, 0.6) is 0 Å². The van der Waals surface area contributed by atoms with Crippen LogP contribution in [0.3, 0.4) is 0 Å². The first-order valence-electron chi connectivity index (χ1n) is 15.4. The minimum absolute atomic E-state index is 0.0333. The third kappa shape index (κ3) is 9.58. The van der Waals surface area contributed by atoms with Gasteiger partial charge in [0.25, 0.3) is 0 Å². The van der Waals surface area contributed by atoms with Crippen LogP contribution < -0.4 is 0 Å². The number of carbonyl (C=O) groups is 1. The molecule has 0 aliphatic carbocycles. The van der Waals surface area contributed by atoms with Gasteiger partial charge in [0.05, 0.1) is 30.8 Å². The van der Waals surface area contributed by atoms with E-state index >= 15 is 0 Å². The SMILES string of the molecule is CCC=CC=CCC[C@]1(C)C[C@H](O)[C@H](C)CC[C@H]2C[C@@H](C[C@@H]3O[C@@H](C)[C@H](OC)[C@@H](O)[C@H]3OC)C[C@@](O)(CC(=O)O1)O2. The third-order valence-electron chi connectivity index (χ3n) is 9.07. The van der Waals surface area contributed by atoms with Gasteiger partial charge in [-0.25, -0.2) is 0 Å². The fourth-order valence-corrected chi connectivity index (χ4v) is 6.83. The van der Waals surface area contributed by atoms with Gasteiger partial charge in [-0.1, -0.05) is 38.2 Å². The summed E-state index contributed by atoms with van der Waals surface area (Å²) in [6, 6.07) is 0. The lowest BCUT2D eigenvalue weighted by Crippen LogP contribution is -2.58. The van der Waals surface area contributed by atoms with Crippen LogP contribution in [0.2, 0.25) is 0 Å². The third-order valence-corrected chi connectivity index (χ3v) is 9.07. The molecule has 0 aromatic rings. The lowest BCUT2D eigenvalue weighted by atomic mass is 9.79. The molecule has 3 N–H and O–H groups in total. The van der Waals surface area contributed by atoms with Crippen molar-refractivity contribution in [2.45, 2.75) is 146 Å². The average Bonchev–Trinajstić information content (AvgIpc) is 2.88. The summed E-state index contributed by atoms with van der Waals surface area (Å²) in [7, 11) is 3.09. The van der Waals surface area contributed by atoms with Crippen molar-refractivity contribution in [3.8, 4) is 0 Å². The summed E-state index contributed by atoms with van der Waals surface area (Å²) in [5.74, 6) is -2.29. The maximum Gasteiger partial charge on any atom is 0.311 e. The first kappa shape index (κ1) is 34.2. The number of cyclic esters (lactones) is 1. The van der Waals surface area contributed by atoms with Crippen molar-refractivity contribution in [2.75, 3.05) is 14.2 Å². The van der Waals surface area contributed by atoms with E-state index in [9.17, 15) is 20.1 Å². The van der Waals surface area contributed by atoms with Crippen molar-refractivity contribution >= 4 is 5.97 Å². The van der Waals surface area contributed by atoms with Crippen molar-refractivity contribution in [2.24, 2.45) is 11.8 Å². The lowest BCUT2D eigenvalue weighted by molar-refractivity contribution is -0.278. The lowest BCUT2D eigenvalue weighted by Gasteiger charge is -2.46. The largest absolute Gasteiger partial charge is 0.459 e. The van der Waals surface area contributed by atoms with Crippen LogP contribution in [0, 0.1) is 11.8 Å². The van der Waals surface area contributed by atoms with Crippen molar-refractivity contribution in [1.29, 1.82) is 0 Å². The number of hydrogen-bond donors (Lipinski definition) is 3. The first-order chi connectivity index (χ1) is 19.4. The number of hydrogen-bond acceptors (Lipinski definition) is 9. The van der Waals surface area contributed by atoms with E-state index in [0.29, 0.717) is 44.9 Å². The molecule has 3 rings (SSSR count). The Morgan fingerprint density at radius 3 is 2.44 bits per heavy atom. The predicted octanol–water partition coefficient (Wildman–Crippen LogP) is 4.21. The molecule has 2 bridgehead atoms. The van der Waals surface area contributed by atoms with Crippen LogP contribution in [0.15, 0.2) is 24.3 Å². The Balaban J connectivity index is 1.75. The second-order valence-corrected chi connectivity index (χ2v) is 12.7. The van der Waals surface area contributed by atoms with E-state index in [1.165, 1.54) is 0 Å². The molecule has 3 saturated heterocycles. The quantitative estimate of drug-likeness (QED) is 0.271. The van der Waals surface area contributed by atoms with Crippen LogP contribution in [0.25, 0.3) is 0 Å². The molecule has 3 aliphatic heterocycles. The topological polar surface area (TPSA) is 124 Å². The summed E-state index contributed by atoms with van der Waals surface area (Å²) < 4.78 is 29.5. The molecule has 3 aliphatic rings.